The van der Waals surface area contributed by atoms with E-state index in [1.165, 1.54) is 66.8 Å². The fourth-order valence-electron chi connectivity index (χ4n) is 6.76. The lowest BCUT2D eigenvalue weighted by atomic mass is 9.70. The summed E-state index contributed by atoms with van der Waals surface area (Å²) >= 11 is 0. The fourth-order valence-corrected chi connectivity index (χ4v) is 6.76. The first kappa shape index (κ1) is 22.3. The van der Waals surface area contributed by atoms with Gasteiger partial charge in [0.1, 0.15) is 0 Å². The molecule has 0 nitrogen and oxygen atoms in total. The largest absolute Gasteiger partial charge is 0.0725 e. The van der Waals surface area contributed by atoms with Crippen LogP contribution in [0.2, 0.25) is 0 Å². The Bertz CT molecular complexity index is 1620. The van der Waals surface area contributed by atoms with Crippen molar-refractivity contribution in [2.45, 2.75) is 44.9 Å². The van der Waals surface area contributed by atoms with Crippen LogP contribution in [0.1, 0.15) is 72.9 Å². The predicted molar refractivity (Wildman–Crippen MR) is 156 cm³/mol. The van der Waals surface area contributed by atoms with Crippen LogP contribution in [0.25, 0.3) is 33.4 Å². The van der Waals surface area contributed by atoms with Crippen molar-refractivity contribution in [3.63, 3.8) is 0 Å². The highest BCUT2D eigenvalue weighted by molar-refractivity contribution is 5.96. The van der Waals surface area contributed by atoms with Crippen molar-refractivity contribution in [3.8, 4) is 33.4 Å². The number of fused-ring (bicyclic) bond motifs is 10. The molecule has 0 amide bonds. The summed E-state index contributed by atoms with van der Waals surface area (Å²) in [7, 11) is 0. The van der Waals surface area contributed by atoms with E-state index in [0.717, 1.165) is 0 Å². The summed E-state index contributed by atoms with van der Waals surface area (Å²) in [6.07, 6.45) is 0. The maximum absolute atomic E-state index is 2.50. The standard InChI is InChI=1S/C37H32/c1-23(2)25-13-15-26(16-14-25)28-18-20-32-31-19-17-27(24(3)4)21-35(31)37(36(32)22-28)33-11-7-5-9-29(33)30-10-6-8-12-34(30)37/h5-24H,1-4H3. The van der Waals surface area contributed by atoms with Crippen LogP contribution in [0.15, 0.2) is 109 Å². The van der Waals surface area contributed by atoms with Gasteiger partial charge in [-0.2, -0.15) is 0 Å². The summed E-state index contributed by atoms with van der Waals surface area (Å²) in [6.45, 7) is 9.11. The van der Waals surface area contributed by atoms with Crippen LogP contribution in [0.3, 0.4) is 0 Å². The van der Waals surface area contributed by atoms with E-state index in [9.17, 15) is 0 Å². The van der Waals surface area contributed by atoms with E-state index in [4.69, 9.17) is 0 Å². The lowest BCUT2D eigenvalue weighted by molar-refractivity contribution is 0.784. The Morgan fingerprint density at radius 2 is 0.865 bits per heavy atom. The first-order valence-corrected chi connectivity index (χ1v) is 13.6. The minimum absolute atomic E-state index is 0.295. The van der Waals surface area contributed by atoms with E-state index >= 15 is 0 Å². The maximum Gasteiger partial charge on any atom is 0.0725 e. The smallest absolute Gasteiger partial charge is 0.0619 e. The third kappa shape index (κ3) is 3.02. The van der Waals surface area contributed by atoms with Crippen LogP contribution >= 0.6 is 0 Å². The molecule has 0 fully saturated rings. The maximum atomic E-state index is 2.50. The van der Waals surface area contributed by atoms with E-state index in [2.05, 4.69) is 137 Å². The molecule has 0 aromatic heterocycles. The number of rotatable bonds is 3. The van der Waals surface area contributed by atoms with Gasteiger partial charge in [0.25, 0.3) is 0 Å². The molecule has 0 radical (unpaired) electrons. The van der Waals surface area contributed by atoms with E-state index in [1.807, 2.05) is 0 Å². The summed E-state index contributed by atoms with van der Waals surface area (Å²) in [6, 6.07) is 41.6. The summed E-state index contributed by atoms with van der Waals surface area (Å²) < 4.78 is 0. The third-order valence-electron chi connectivity index (χ3n) is 8.69. The first-order chi connectivity index (χ1) is 18.0. The molecule has 0 saturated heterocycles. The second-order valence-electron chi connectivity index (χ2n) is 11.3. The van der Waals surface area contributed by atoms with Crippen molar-refractivity contribution < 1.29 is 0 Å². The summed E-state index contributed by atoms with van der Waals surface area (Å²) in [4.78, 5) is 0. The van der Waals surface area contributed by atoms with Gasteiger partial charge in [0, 0.05) is 0 Å². The van der Waals surface area contributed by atoms with Gasteiger partial charge in [-0.15, -0.1) is 0 Å². The van der Waals surface area contributed by atoms with Crippen molar-refractivity contribution in [2.75, 3.05) is 0 Å². The van der Waals surface area contributed by atoms with Crippen LogP contribution in [-0.4, -0.2) is 0 Å². The molecule has 0 bridgehead atoms. The topological polar surface area (TPSA) is 0 Å². The van der Waals surface area contributed by atoms with E-state index in [-0.39, 0.29) is 5.41 Å². The van der Waals surface area contributed by atoms with Crippen LogP contribution in [-0.2, 0) is 5.41 Å². The van der Waals surface area contributed by atoms with Crippen molar-refractivity contribution >= 4 is 0 Å². The van der Waals surface area contributed by atoms with Crippen molar-refractivity contribution in [1.29, 1.82) is 0 Å². The van der Waals surface area contributed by atoms with E-state index in [0.29, 0.717) is 11.8 Å². The van der Waals surface area contributed by atoms with Gasteiger partial charge in [-0.3, -0.25) is 0 Å². The Labute approximate surface area is 220 Å². The highest BCUT2D eigenvalue weighted by Gasteiger charge is 2.51. The first-order valence-electron chi connectivity index (χ1n) is 13.6. The molecule has 1 spiro atoms. The van der Waals surface area contributed by atoms with Crippen LogP contribution < -0.4 is 0 Å². The van der Waals surface area contributed by atoms with Crippen LogP contribution in [0.4, 0.5) is 0 Å². The van der Waals surface area contributed by atoms with Crippen LogP contribution in [0, 0.1) is 0 Å². The highest BCUT2D eigenvalue weighted by atomic mass is 14.5. The Morgan fingerprint density at radius 1 is 0.405 bits per heavy atom. The van der Waals surface area contributed by atoms with Gasteiger partial charge < -0.3 is 0 Å². The van der Waals surface area contributed by atoms with Crippen molar-refractivity contribution in [2.24, 2.45) is 0 Å². The van der Waals surface area contributed by atoms with E-state index < -0.39 is 0 Å². The van der Waals surface area contributed by atoms with E-state index in [1.54, 1.807) is 0 Å². The molecule has 2 aliphatic rings. The predicted octanol–water partition coefficient (Wildman–Crippen LogP) is 9.94. The second-order valence-corrected chi connectivity index (χ2v) is 11.3. The number of hydrogen-bond donors (Lipinski definition) is 0. The molecular formula is C37H32. The van der Waals surface area contributed by atoms with Crippen LogP contribution in [0.5, 0.6) is 0 Å². The van der Waals surface area contributed by atoms with Gasteiger partial charge in [-0.25, -0.2) is 0 Å². The fraction of sp³-hybridized carbons (Fsp3) is 0.189. The van der Waals surface area contributed by atoms with Gasteiger partial charge in [-0.1, -0.05) is 131 Å². The molecule has 0 heteroatoms. The lowest BCUT2D eigenvalue weighted by Crippen LogP contribution is -2.26. The zero-order chi connectivity index (χ0) is 25.3. The van der Waals surface area contributed by atoms with Gasteiger partial charge in [0.05, 0.1) is 5.41 Å². The summed E-state index contributed by atoms with van der Waals surface area (Å²) in [5, 5.41) is 0. The minimum atomic E-state index is -0.295. The zero-order valence-electron chi connectivity index (χ0n) is 22.0. The Balaban J connectivity index is 1.55. The minimum Gasteiger partial charge on any atom is -0.0619 e. The average Bonchev–Trinajstić information content (AvgIpc) is 3.39. The molecular weight excluding hydrogens is 444 g/mol. The Morgan fingerprint density at radius 3 is 1.46 bits per heavy atom. The molecule has 37 heavy (non-hydrogen) atoms. The molecule has 2 aliphatic carbocycles. The molecule has 0 atom stereocenters. The summed E-state index contributed by atoms with van der Waals surface area (Å²) in [5.41, 5.74) is 16.2. The normalized spacial score (nSPS) is 14.1. The molecule has 0 aliphatic heterocycles. The lowest BCUT2D eigenvalue weighted by Gasteiger charge is -2.31. The summed E-state index contributed by atoms with van der Waals surface area (Å²) in [5.74, 6) is 1.02. The molecule has 0 N–H and O–H groups in total. The SMILES string of the molecule is CC(C)c1ccc(-c2ccc3c(c2)C2(c4ccccc4-c4ccccc42)c2cc(C(C)C)ccc2-3)cc1. The Hall–Kier alpha value is -3.90. The average molecular weight is 477 g/mol. The zero-order valence-corrected chi connectivity index (χ0v) is 22.0. The van der Waals surface area contributed by atoms with Gasteiger partial charge >= 0.3 is 0 Å². The Kier molecular flexibility index (Phi) is 4.85. The molecule has 0 unspecified atom stereocenters. The molecule has 5 aromatic rings. The molecule has 180 valence electrons. The molecule has 0 heterocycles. The highest BCUT2D eigenvalue weighted by Crippen LogP contribution is 2.63. The van der Waals surface area contributed by atoms with Gasteiger partial charge in [-0.05, 0) is 84.7 Å². The molecule has 0 saturated carbocycles. The number of benzene rings is 5. The second kappa shape index (κ2) is 8.05. The quantitative estimate of drug-likeness (QED) is 0.238. The molecule has 7 rings (SSSR count). The monoisotopic (exact) mass is 476 g/mol. The number of hydrogen-bond acceptors (Lipinski definition) is 0. The van der Waals surface area contributed by atoms with Gasteiger partial charge in [0.15, 0.2) is 0 Å². The van der Waals surface area contributed by atoms with Crippen molar-refractivity contribution in [1.82, 2.24) is 0 Å². The third-order valence-corrected chi connectivity index (χ3v) is 8.69. The molecule has 5 aromatic carbocycles. The van der Waals surface area contributed by atoms with Crippen molar-refractivity contribution in [3.05, 3.63) is 143 Å². The van der Waals surface area contributed by atoms with Gasteiger partial charge in [0.2, 0.25) is 0 Å².